The summed E-state index contributed by atoms with van der Waals surface area (Å²) in [6, 6.07) is 10.2. The topological polar surface area (TPSA) is 265 Å². The fraction of sp³-hybridized carbons (Fsp3) is 0.488. The number of nitrogens with zero attached hydrogens (tertiary/aromatic N) is 2. The zero-order valence-electron chi connectivity index (χ0n) is 35.1. The second-order valence-corrected chi connectivity index (χ2v) is 17.8. The Labute approximate surface area is 360 Å². The van der Waals surface area contributed by atoms with Crippen molar-refractivity contribution in [2.24, 2.45) is 17.6 Å². The van der Waals surface area contributed by atoms with E-state index in [1.54, 1.807) is 61.5 Å². The van der Waals surface area contributed by atoms with Crippen LogP contribution in [0.3, 0.4) is 0 Å². The molecule has 5 rings (SSSR count). The number of ether oxygens (including phenoxy) is 1. The third-order valence-electron chi connectivity index (χ3n) is 10.9. The molecule has 2 heterocycles. The number of Topliss-reactive ketones (excluding diaryl/α,β-unsaturated/α-hetero) is 1. The van der Waals surface area contributed by atoms with Crippen molar-refractivity contribution in [3.8, 4) is 0 Å². The molecule has 2 fully saturated rings. The summed E-state index contributed by atoms with van der Waals surface area (Å²) in [6.45, 7) is 4.60. The number of carbonyl (C=O) groups is 7. The number of hydrogen-bond donors (Lipinski definition) is 6. The number of nitrogens with two attached hydrogens (primary N) is 1. The predicted octanol–water partition coefficient (Wildman–Crippen LogP) is 2.13. The average molecular weight is 877 g/mol. The number of fused-ring (bicyclic) bond motifs is 1. The molecule has 1 saturated heterocycles. The fourth-order valence-corrected chi connectivity index (χ4v) is 9.25. The van der Waals surface area contributed by atoms with Crippen LogP contribution in [0, 0.1) is 11.8 Å². The summed E-state index contributed by atoms with van der Waals surface area (Å²) in [5.41, 5.74) is 6.12. The van der Waals surface area contributed by atoms with Crippen LogP contribution < -0.4 is 31.7 Å². The van der Waals surface area contributed by atoms with Crippen molar-refractivity contribution in [1.82, 2.24) is 35.9 Å². The Morgan fingerprint density at radius 3 is 2.29 bits per heavy atom. The fourth-order valence-electron chi connectivity index (χ4n) is 7.84. The number of ketones is 1. The highest BCUT2D eigenvalue weighted by Gasteiger charge is 2.46. The minimum atomic E-state index is -4.28. The Bertz CT molecular complexity index is 2210. The Kier molecular flexibility index (Phi) is 16.5. The van der Waals surface area contributed by atoms with Crippen LogP contribution >= 0.6 is 0 Å². The third-order valence-corrected chi connectivity index (χ3v) is 12.4. The first-order chi connectivity index (χ1) is 29.6. The van der Waals surface area contributed by atoms with Crippen molar-refractivity contribution in [1.29, 1.82) is 0 Å². The molecule has 6 amide bonds. The van der Waals surface area contributed by atoms with Crippen LogP contribution in [0.15, 0.2) is 71.8 Å². The number of nitrogens with one attached hydrogen (secondary N) is 5. The van der Waals surface area contributed by atoms with Crippen molar-refractivity contribution in [2.45, 2.75) is 107 Å². The zero-order chi connectivity index (χ0) is 45.0. The molecule has 1 unspecified atom stereocenters. The van der Waals surface area contributed by atoms with Gasteiger partial charge in [-0.1, -0.05) is 95.0 Å². The summed E-state index contributed by atoms with van der Waals surface area (Å²) in [7, 11) is -4.28. The van der Waals surface area contributed by atoms with E-state index in [0.717, 1.165) is 19.3 Å². The maximum atomic E-state index is 14.7. The highest BCUT2D eigenvalue weighted by molar-refractivity contribution is 7.89. The Morgan fingerprint density at radius 1 is 0.903 bits per heavy atom. The van der Waals surface area contributed by atoms with Crippen molar-refractivity contribution < 1.29 is 46.7 Å². The standard InChI is InChI=1S/C43H56N8O10S/c1-4-13-31(38(53)41(56)46-23-34(52)48-36(39(44)54)28-14-7-5-8-15-28)47-40(55)32-22-30(50-62(59,60)33-20-11-18-27-19-12-21-45-35(27)33)24-51(32)42(57)37(29-16-9-6-10-17-29)49-43(58)61-25-26(2)3/h5,7-8,11-12,14-15,18-21,26,29-32,36-37,50H,4,6,9-10,13,16-17,22-25H2,1-3H3,(H2,44,54)(H,46,56)(H,47,55)(H,48,52)(H,49,58)/t30-,31?,32+,36+,37+/m1/s1. The first-order valence-electron chi connectivity index (χ1n) is 20.9. The smallest absolute Gasteiger partial charge is 0.407 e. The molecule has 5 atom stereocenters. The number of amides is 6. The molecule has 1 saturated carbocycles. The lowest BCUT2D eigenvalue weighted by Crippen LogP contribution is -2.58. The molecule has 0 bridgehead atoms. The van der Waals surface area contributed by atoms with Crippen molar-refractivity contribution in [3.05, 3.63) is 72.4 Å². The quantitative estimate of drug-likeness (QED) is 0.0951. The van der Waals surface area contributed by atoms with Crippen LogP contribution in [-0.2, 0) is 43.5 Å². The molecule has 334 valence electrons. The minimum absolute atomic E-state index is 0.000693. The molecule has 18 nitrogen and oxygen atoms in total. The van der Waals surface area contributed by atoms with Crippen molar-refractivity contribution in [2.75, 3.05) is 19.7 Å². The predicted molar refractivity (Wildman–Crippen MR) is 227 cm³/mol. The molecule has 0 spiro atoms. The number of alkyl carbamates (subject to hydrolysis) is 1. The van der Waals surface area contributed by atoms with E-state index >= 15 is 0 Å². The number of primary amides is 1. The number of aromatic nitrogens is 1. The first kappa shape index (κ1) is 47.1. The number of likely N-dealkylation sites (tertiary alicyclic amines) is 1. The molecule has 62 heavy (non-hydrogen) atoms. The van der Waals surface area contributed by atoms with Gasteiger partial charge in [0.2, 0.25) is 39.4 Å². The lowest BCUT2D eigenvalue weighted by molar-refractivity contribution is -0.143. The Hall–Kier alpha value is -5.95. The number of para-hydroxylation sites is 1. The minimum Gasteiger partial charge on any atom is -0.449 e. The number of sulfonamides is 1. The SMILES string of the molecule is CCCC(NC(=O)[C@@H]1C[C@@H](NS(=O)(=O)c2cccc3cccnc23)CN1C(=O)[C@@H](NC(=O)OCC(C)C)C1CCCCC1)C(=O)C(=O)NCC(=O)N[C@H](C(N)=O)c1ccccc1. The van der Waals surface area contributed by atoms with Crippen LogP contribution in [0.5, 0.6) is 0 Å². The molecule has 3 aromatic rings. The van der Waals surface area contributed by atoms with Gasteiger partial charge in [0.1, 0.15) is 23.0 Å². The van der Waals surface area contributed by atoms with Gasteiger partial charge < -0.3 is 36.6 Å². The summed E-state index contributed by atoms with van der Waals surface area (Å²) >= 11 is 0. The van der Waals surface area contributed by atoms with E-state index in [1.165, 1.54) is 17.2 Å². The average Bonchev–Trinajstić information content (AvgIpc) is 3.68. The van der Waals surface area contributed by atoms with E-state index in [4.69, 9.17) is 10.5 Å². The van der Waals surface area contributed by atoms with Crippen LogP contribution in [-0.4, -0.2) is 104 Å². The molecule has 1 aliphatic heterocycles. The number of benzene rings is 2. The monoisotopic (exact) mass is 876 g/mol. The Morgan fingerprint density at radius 2 is 1.61 bits per heavy atom. The molecule has 1 aliphatic carbocycles. The summed E-state index contributed by atoms with van der Waals surface area (Å²) in [5, 5.41) is 10.6. The van der Waals surface area contributed by atoms with Gasteiger partial charge in [0.05, 0.1) is 24.7 Å². The van der Waals surface area contributed by atoms with Crippen LogP contribution in [0.2, 0.25) is 0 Å². The van der Waals surface area contributed by atoms with Crippen molar-refractivity contribution >= 4 is 62.3 Å². The van der Waals surface area contributed by atoms with E-state index in [2.05, 4.69) is 31.0 Å². The number of hydrogen-bond acceptors (Lipinski definition) is 11. The second kappa shape index (κ2) is 21.7. The summed E-state index contributed by atoms with van der Waals surface area (Å²) in [4.78, 5) is 99.0. The van der Waals surface area contributed by atoms with Crippen LogP contribution in [0.1, 0.15) is 83.7 Å². The third kappa shape index (κ3) is 12.3. The highest BCUT2D eigenvalue weighted by Crippen LogP contribution is 2.31. The van der Waals surface area contributed by atoms with E-state index in [-0.39, 0.29) is 48.2 Å². The Balaban J connectivity index is 1.36. The molecule has 7 N–H and O–H groups in total. The van der Waals surface area contributed by atoms with Gasteiger partial charge in [-0.15, -0.1) is 0 Å². The maximum Gasteiger partial charge on any atom is 0.407 e. The van der Waals surface area contributed by atoms with Crippen LogP contribution in [0.25, 0.3) is 10.9 Å². The lowest BCUT2D eigenvalue weighted by Gasteiger charge is -2.34. The lowest BCUT2D eigenvalue weighted by atomic mass is 9.83. The molecule has 19 heteroatoms. The van der Waals surface area contributed by atoms with E-state index in [9.17, 15) is 42.0 Å². The van der Waals surface area contributed by atoms with Gasteiger partial charge in [-0.25, -0.2) is 17.9 Å². The highest BCUT2D eigenvalue weighted by atomic mass is 32.2. The summed E-state index contributed by atoms with van der Waals surface area (Å²) in [5.74, 6) is -5.65. The van der Waals surface area contributed by atoms with Crippen LogP contribution in [0.4, 0.5) is 4.79 Å². The molecule has 0 radical (unpaired) electrons. The molecule has 1 aromatic heterocycles. The second-order valence-electron chi connectivity index (χ2n) is 16.1. The normalized spacial score (nSPS) is 18.3. The first-order valence-corrected chi connectivity index (χ1v) is 22.4. The van der Waals surface area contributed by atoms with Gasteiger partial charge in [-0.2, -0.15) is 0 Å². The molecular weight excluding hydrogens is 821 g/mol. The van der Waals surface area contributed by atoms with E-state index in [1.807, 2.05) is 13.8 Å². The number of rotatable bonds is 19. The largest absolute Gasteiger partial charge is 0.449 e. The molecule has 2 aromatic carbocycles. The number of pyridine rings is 1. The van der Waals surface area contributed by atoms with Crippen molar-refractivity contribution in [3.63, 3.8) is 0 Å². The maximum absolute atomic E-state index is 14.7. The van der Waals surface area contributed by atoms with Gasteiger partial charge in [-0.3, -0.25) is 33.8 Å². The summed E-state index contributed by atoms with van der Waals surface area (Å²) < 4.78 is 35.9. The summed E-state index contributed by atoms with van der Waals surface area (Å²) in [6.07, 6.45) is 4.59. The molecule has 2 aliphatic rings. The zero-order valence-corrected chi connectivity index (χ0v) is 35.9. The number of carbonyl (C=O) groups excluding carboxylic acids is 7. The van der Waals surface area contributed by atoms with Gasteiger partial charge in [0.25, 0.3) is 5.91 Å². The van der Waals surface area contributed by atoms with E-state index < -0.39 is 88.2 Å². The van der Waals surface area contributed by atoms with Gasteiger partial charge in [0.15, 0.2) is 0 Å². The molecular formula is C43H56N8O10S. The van der Waals surface area contributed by atoms with Gasteiger partial charge in [-0.05, 0) is 55.2 Å². The van der Waals surface area contributed by atoms with Gasteiger partial charge in [0, 0.05) is 24.2 Å². The van der Waals surface area contributed by atoms with Gasteiger partial charge >= 0.3 is 6.09 Å². The van der Waals surface area contributed by atoms with E-state index in [0.29, 0.717) is 30.2 Å².